The van der Waals surface area contributed by atoms with Gasteiger partial charge in [-0.15, -0.1) is 0 Å². The molecule has 2 rings (SSSR count). The molecular formula is C16H28N2O3. The van der Waals surface area contributed by atoms with Crippen LogP contribution in [0.15, 0.2) is 0 Å². The lowest BCUT2D eigenvalue weighted by Crippen LogP contribution is -2.46. The summed E-state index contributed by atoms with van der Waals surface area (Å²) in [7, 11) is 0. The molecule has 0 unspecified atom stereocenters. The van der Waals surface area contributed by atoms with Crippen LogP contribution in [0.5, 0.6) is 0 Å². The van der Waals surface area contributed by atoms with Gasteiger partial charge in [0, 0.05) is 19.6 Å². The van der Waals surface area contributed by atoms with Gasteiger partial charge >= 0.3 is 12.0 Å². The molecule has 2 aliphatic rings. The third-order valence-electron chi connectivity index (χ3n) is 4.67. The zero-order valence-corrected chi connectivity index (χ0v) is 13.1. The zero-order chi connectivity index (χ0) is 15.1. The topological polar surface area (TPSA) is 58.6 Å². The van der Waals surface area contributed by atoms with Crippen molar-refractivity contribution < 1.29 is 14.3 Å². The molecule has 1 saturated heterocycles. The second-order valence-electron chi connectivity index (χ2n) is 6.20. The van der Waals surface area contributed by atoms with Gasteiger partial charge in [-0.05, 0) is 38.5 Å². The van der Waals surface area contributed by atoms with Crippen LogP contribution >= 0.6 is 0 Å². The summed E-state index contributed by atoms with van der Waals surface area (Å²) in [4.78, 5) is 25.6. The lowest BCUT2D eigenvalue weighted by atomic mass is 9.89. The van der Waals surface area contributed by atoms with Gasteiger partial charge in [-0.2, -0.15) is 0 Å². The Bertz CT molecular complexity index is 345. The Labute approximate surface area is 127 Å². The number of nitrogens with one attached hydrogen (secondary N) is 1. The molecule has 0 aromatic rings. The predicted octanol–water partition coefficient (Wildman–Crippen LogP) is 2.55. The number of esters is 1. The molecule has 1 N–H and O–H groups in total. The minimum atomic E-state index is -0.111. The van der Waals surface area contributed by atoms with Gasteiger partial charge < -0.3 is 15.0 Å². The van der Waals surface area contributed by atoms with E-state index in [4.69, 9.17) is 4.74 Å². The Morgan fingerprint density at radius 1 is 1.10 bits per heavy atom. The molecule has 5 heteroatoms. The Balaban J connectivity index is 1.66. The third-order valence-corrected chi connectivity index (χ3v) is 4.67. The van der Waals surface area contributed by atoms with Crippen LogP contribution in [0, 0.1) is 11.8 Å². The smallest absolute Gasteiger partial charge is 0.317 e. The maximum Gasteiger partial charge on any atom is 0.317 e. The van der Waals surface area contributed by atoms with E-state index < -0.39 is 0 Å². The molecule has 1 aliphatic heterocycles. The van der Waals surface area contributed by atoms with Crippen LogP contribution in [0.25, 0.3) is 0 Å². The van der Waals surface area contributed by atoms with Gasteiger partial charge in [-0.3, -0.25) is 4.79 Å². The van der Waals surface area contributed by atoms with Gasteiger partial charge in [0.1, 0.15) is 0 Å². The molecule has 0 aromatic carbocycles. The minimum Gasteiger partial charge on any atom is -0.466 e. The lowest BCUT2D eigenvalue weighted by Gasteiger charge is -2.31. The highest BCUT2D eigenvalue weighted by Gasteiger charge is 2.28. The number of hydrogen-bond acceptors (Lipinski definition) is 3. The number of urea groups is 1. The van der Waals surface area contributed by atoms with E-state index in [1.54, 1.807) is 0 Å². The van der Waals surface area contributed by atoms with Crippen molar-refractivity contribution in [3.63, 3.8) is 0 Å². The van der Waals surface area contributed by atoms with Crippen molar-refractivity contribution in [1.82, 2.24) is 10.2 Å². The highest BCUT2D eigenvalue weighted by atomic mass is 16.5. The first-order valence-electron chi connectivity index (χ1n) is 8.40. The number of rotatable bonds is 4. The number of piperidine rings is 1. The monoisotopic (exact) mass is 296 g/mol. The van der Waals surface area contributed by atoms with E-state index in [1.165, 1.54) is 32.1 Å². The van der Waals surface area contributed by atoms with Crippen molar-refractivity contribution in [2.45, 2.75) is 51.9 Å². The van der Waals surface area contributed by atoms with E-state index in [0.29, 0.717) is 25.6 Å². The quantitative estimate of drug-likeness (QED) is 0.811. The van der Waals surface area contributed by atoms with E-state index in [9.17, 15) is 9.59 Å². The number of nitrogens with zero attached hydrogens (tertiary/aromatic N) is 1. The van der Waals surface area contributed by atoms with Gasteiger partial charge in [-0.25, -0.2) is 4.79 Å². The average Bonchev–Trinajstić information content (AvgIpc) is 2.54. The molecule has 0 bridgehead atoms. The fraction of sp³-hybridized carbons (Fsp3) is 0.875. The molecule has 0 atom stereocenters. The summed E-state index contributed by atoms with van der Waals surface area (Å²) in [6.07, 6.45) is 7.85. The number of hydrogen-bond donors (Lipinski definition) is 1. The molecule has 1 aliphatic carbocycles. The molecular weight excluding hydrogens is 268 g/mol. The summed E-state index contributed by atoms with van der Waals surface area (Å²) in [5.41, 5.74) is 0. The summed E-state index contributed by atoms with van der Waals surface area (Å²) in [5, 5.41) is 3.06. The number of carbonyl (C=O) groups is 2. The fourth-order valence-corrected chi connectivity index (χ4v) is 3.31. The first-order chi connectivity index (χ1) is 10.2. The summed E-state index contributed by atoms with van der Waals surface area (Å²) >= 11 is 0. The summed E-state index contributed by atoms with van der Waals surface area (Å²) in [5.74, 6) is 0.506. The zero-order valence-electron chi connectivity index (χ0n) is 13.1. The van der Waals surface area contributed by atoms with Crippen molar-refractivity contribution in [3.8, 4) is 0 Å². The van der Waals surface area contributed by atoms with E-state index >= 15 is 0 Å². The lowest BCUT2D eigenvalue weighted by molar-refractivity contribution is -0.149. The van der Waals surface area contributed by atoms with Crippen LogP contribution in [-0.4, -0.2) is 43.1 Å². The van der Waals surface area contributed by atoms with Gasteiger partial charge in [-0.1, -0.05) is 19.3 Å². The average molecular weight is 296 g/mol. The molecule has 0 spiro atoms. The highest BCUT2D eigenvalue weighted by Crippen LogP contribution is 2.23. The fourth-order valence-electron chi connectivity index (χ4n) is 3.31. The maximum atomic E-state index is 12.1. The van der Waals surface area contributed by atoms with E-state index in [2.05, 4.69) is 5.32 Å². The number of likely N-dealkylation sites (tertiary alicyclic amines) is 1. The Hall–Kier alpha value is -1.26. The molecule has 21 heavy (non-hydrogen) atoms. The first kappa shape index (κ1) is 16.1. The summed E-state index contributed by atoms with van der Waals surface area (Å²) in [6, 6.07) is 0.0304. The number of amides is 2. The summed E-state index contributed by atoms with van der Waals surface area (Å²) < 4.78 is 5.05. The largest absolute Gasteiger partial charge is 0.466 e. The molecule has 2 amide bonds. The molecule has 2 fully saturated rings. The number of carbonyl (C=O) groups excluding carboxylic acids is 2. The van der Waals surface area contributed by atoms with Crippen LogP contribution in [0.2, 0.25) is 0 Å². The molecule has 0 radical (unpaired) electrons. The second-order valence-corrected chi connectivity index (χ2v) is 6.20. The van der Waals surface area contributed by atoms with Crippen LogP contribution in [0.4, 0.5) is 4.79 Å². The molecule has 5 nitrogen and oxygen atoms in total. The van der Waals surface area contributed by atoms with Gasteiger partial charge in [0.15, 0.2) is 0 Å². The number of ether oxygens (including phenoxy) is 1. The van der Waals surface area contributed by atoms with Crippen molar-refractivity contribution in [2.75, 3.05) is 26.2 Å². The van der Waals surface area contributed by atoms with Crippen LogP contribution in [-0.2, 0) is 9.53 Å². The maximum absolute atomic E-state index is 12.1. The normalized spacial score (nSPS) is 21.1. The van der Waals surface area contributed by atoms with E-state index in [1.807, 2.05) is 11.8 Å². The Morgan fingerprint density at radius 2 is 1.76 bits per heavy atom. The third kappa shape index (κ3) is 4.90. The Kier molecular flexibility index (Phi) is 6.33. The highest BCUT2D eigenvalue weighted by molar-refractivity contribution is 5.76. The minimum absolute atomic E-state index is 0.0304. The van der Waals surface area contributed by atoms with Crippen molar-refractivity contribution >= 4 is 12.0 Å². The standard InChI is InChI=1S/C16H28N2O3/c1-2-21-15(19)14-8-10-18(11-9-14)16(20)17-12-13-6-4-3-5-7-13/h13-14H,2-12H2,1H3,(H,17,20). The van der Waals surface area contributed by atoms with Gasteiger partial charge in [0.05, 0.1) is 12.5 Å². The van der Waals surface area contributed by atoms with Crippen LogP contribution in [0.1, 0.15) is 51.9 Å². The van der Waals surface area contributed by atoms with Gasteiger partial charge in [0.25, 0.3) is 0 Å². The molecule has 120 valence electrons. The molecule has 0 aromatic heterocycles. The van der Waals surface area contributed by atoms with Crippen molar-refractivity contribution in [3.05, 3.63) is 0 Å². The van der Waals surface area contributed by atoms with E-state index in [-0.39, 0.29) is 17.9 Å². The first-order valence-corrected chi connectivity index (χ1v) is 8.40. The molecule has 1 heterocycles. The van der Waals surface area contributed by atoms with E-state index in [0.717, 1.165) is 19.4 Å². The van der Waals surface area contributed by atoms with Gasteiger partial charge in [0.2, 0.25) is 0 Å². The SMILES string of the molecule is CCOC(=O)C1CCN(C(=O)NCC2CCCCC2)CC1. The van der Waals surface area contributed by atoms with Crippen molar-refractivity contribution in [2.24, 2.45) is 11.8 Å². The summed E-state index contributed by atoms with van der Waals surface area (Å²) in [6.45, 7) is 4.36. The van der Waals surface area contributed by atoms with Crippen molar-refractivity contribution in [1.29, 1.82) is 0 Å². The van der Waals surface area contributed by atoms with Crippen LogP contribution in [0.3, 0.4) is 0 Å². The van der Waals surface area contributed by atoms with Crippen LogP contribution < -0.4 is 5.32 Å². The predicted molar refractivity (Wildman–Crippen MR) is 80.9 cm³/mol. The second kappa shape index (κ2) is 8.25. The Morgan fingerprint density at radius 3 is 2.38 bits per heavy atom. The molecule has 1 saturated carbocycles.